The summed E-state index contributed by atoms with van der Waals surface area (Å²) in [6.45, 7) is 2.21. The van der Waals surface area contributed by atoms with Gasteiger partial charge in [0.2, 0.25) is 0 Å². The van der Waals surface area contributed by atoms with Gasteiger partial charge in [-0.3, -0.25) is 4.79 Å². The molecule has 21 heavy (non-hydrogen) atoms. The van der Waals surface area contributed by atoms with Crippen LogP contribution in [0.25, 0.3) is 11.0 Å². The van der Waals surface area contributed by atoms with Crippen LogP contribution in [0.1, 0.15) is 48.2 Å². The summed E-state index contributed by atoms with van der Waals surface area (Å²) in [6.07, 6.45) is 4.78. The molecule has 1 fully saturated rings. The highest BCUT2D eigenvalue weighted by Crippen LogP contribution is 2.27. The summed E-state index contributed by atoms with van der Waals surface area (Å²) in [5, 5.41) is 14.2. The lowest BCUT2D eigenvalue weighted by molar-refractivity contribution is 0.00526. The SMILES string of the molecule is Cc1cc2cc(C(=O)NCC3(O)CCCCC3)ccc2o1. The molecular formula is C17H21NO3. The predicted octanol–water partition coefficient (Wildman–Crippen LogP) is 3.17. The molecule has 0 atom stereocenters. The molecule has 4 heteroatoms. The summed E-state index contributed by atoms with van der Waals surface area (Å²) >= 11 is 0. The molecule has 4 nitrogen and oxygen atoms in total. The zero-order valence-corrected chi connectivity index (χ0v) is 12.3. The number of aliphatic hydroxyl groups is 1. The average molecular weight is 287 g/mol. The maximum Gasteiger partial charge on any atom is 0.251 e. The molecule has 2 N–H and O–H groups in total. The van der Waals surface area contributed by atoms with Crippen molar-refractivity contribution in [3.63, 3.8) is 0 Å². The van der Waals surface area contributed by atoms with E-state index in [1.165, 1.54) is 6.42 Å². The summed E-state index contributed by atoms with van der Waals surface area (Å²) in [5.41, 5.74) is 0.655. The Balaban J connectivity index is 1.68. The summed E-state index contributed by atoms with van der Waals surface area (Å²) in [7, 11) is 0. The molecule has 3 rings (SSSR count). The summed E-state index contributed by atoms with van der Waals surface area (Å²) in [6, 6.07) is 7.31. The highest BCUT2D eigenvalue weighted by atomic mass is 16.3. The van der Waals surface area contributed by atoms with Crippen LogP contribution in [-0.2, 0) is 0 Å². The molecule has 112 valence electrons. The fourth-order valence-electron chi connectivity index (χ4n) is 3.05. The number of benzene rings is 1. The Bertz CT molecular complexity index is 653. The molecule has 0 unspecified atom stereocenters. The molecule has 1 amide bonds. The molecule has 0 saturated heterocycles. The Kier molecular flexibility index (Phi) is 3.72. The van der Waals surface area contributed by atoms with Crippen LogP contribution in [0.3, 0.4) is 0 Å². The monoisotopic (exact) mass is 287 g/mol. The van der Waals surface area contributed by atoms with E-state index in [2.05, 4.69) is 5.32 Å². The van der Waals surface area contributed by atoms with Gasteiger partial charge >= 0.3 is 0 Å². The second kappa shape index (κ2) is 5.53. The molecule has 0 radical (unpaired) electrons. The average Bonchev–Trinajstić information content (AvgIpc) is 2.84. The van der Waals surface area contributed by atoms with Crippen LogP contribution in [0, 0.1) is 6.92 Å². The largest absolute Gasteiger partial charge is 0.461 e. The van der Waals surface area contributed by atoms with Crippen LogP contribution in [0.5, 0.6) is 0 Å². The Labute approximate surface area is 124 Å². The minimum absolute atomic E-state index is 0.144. The second-order valence-corrected chi connectivity index (χ2v) is 6.08. The predicted molar refractivity (Wildman–Crippen MR) is 81.3 cm³/mol. The number of hydrogen-bond acceptors (Lipinski definition) is 3. The third-order valence-corrected chi connectivity index (χ3v) is 4.26. The van der Waals surface area contributed by atoms with E-state index >= 15 is 0 Å². The van der Waals surface area contributed by atoms with Crippen LogP contribution in [0.15, 0.2) is 28.7 Å². The lowest BCUT2D eigenvalue weighted by Crippen LogP contribution is -2.44. The van der Waals surface area contributed by atoms with Gasteiger partial charge in [0.1, 0.15) is 11.3 Å². The number of furan rings is 1. The highest BCUT2D eigenvalue weighted by Gasteiger charge is 2.29. The van der Waals surface area contributed by atoms with Crippen molar-refractivity contribution in [2.24, 2.45) is 0 Å². The third-order valence-electron chi connectivity index (χ3n) is 4.26. The first kappa shape index (κ1) is 14.1. The van der Waals surface area contributed by atoms with E-state index in [0.29, 0.717) is 12.1 Å². The second-order valence-electron chi connectivity index (χ2n) is 6.08. The number of hydrogen-bond donors (Lipinski definition) is 2. The molecule has 1 aromatic carbocycles. The molecule has 0 bridgehead atoms. The van der Waals surface area contributed by atoms with Crippen LogP contribution in [0.2, 0.25) is 0 Å². The van der Waals surface area contributed by atoms with Gasteiger partial charge in [0.15, 0.2) is 0 Å². The summed E-state index contributed by atoms with van der Waals surface area (Å²) < 4.78 is 5.50. The molecular weight excluding hydrogens is 266 g/mol. The van der Waals surface area contributed by atoms with Crippen molar-refractivity contribution in [2.75, 3.05) is 6.54 Å². The first-order valence-electron chi connectivity index (χ1n) is 7.57. The first-order valence-corrected chi connectivity index (χ1v) is 7.57. The molecule has 2 aromatic rings. The smallest absolute Gasteiger partial charge is 0.251 e. The van der Waals surface area contributed by atoms with Crippen LogP contribution in [0.4, 0.5) is 0 Å². The Morgan fingerprint density at radius 1 is 1.29 bits per heavy atom. The van der Waals surface area contributed by atoms with Crippen molar-refractivity contribution < 1.29 is 14.3 Å². The maximum absolute atomic E-state index is 12.2. The molecule has 1 aliphatic carbocycles. The van der Waals surface area contributed by atoms with E-state index in [9.17, 15) is 9.90 Å². The van der Waals surface area contributed by atoms with Crippen molar-refractivity contribution in [3.8, 4) is 0 Å². The Morgan fingerprint density at radius 2 is 2.05 bits per heavy atom. The maximum atomic E-state index is 12.2. The van der Waals surface area contributed by atoms with E-state index in [1.54, 1.807) is 6.07 Å². The quantitative estimate of drug-likeness (QED) is 0.911. The van der Waals surface area contributed by atoms with Gasteiger partial charge in [-0.05, 0) is 44.0 Å². The minimum Gasteiger partial charge on any atom is -0.461 e. The normalized spacial score (nSPS) is 17.8. The number of fused-ring (bicyclic) bond motifs is 1. The van der Waals surface area contributed by atoms with Gasteiger partial charge < -0.3 is 14.8 Å². The zero-order valence-electron chi connectivity index (χ0n) is 12.3. The van der Waals surface area contributed by atoms with Gasteiger partial charge in [0.05, 0.1) is 5.60 Å². The molecule has 1 heterocycles. The number of carbonyl (C=O) groups excluding carboxylic acids is 1. The van der Waals surface area contributed by atoms with E-state index in [1.807, 2.05) is 25.1 Å². The topological polar surface area (TPSA) is 62.5 Å². The van der Waals surface area contributed by atoms with Gasteiger partial charge in [0.25, 0.3) is 5.91 Å². The van der Waals surface area contributed by atoms with Gasteiger partial charge in [-0.25, -0.2) is 0 Å². The molecule has 1 aromatic heterocycles. The first-order chi connectivity index (χ1) is 10.1. The molecule has 0 spiro atoms. The number of aryl methyl sites for hydroxylation is 1. The van der Waals surface area contributed by atoms with E-state index in [4.69, 9.17) is 4.42 Å². The third kappa shape index (κ3) is 3.10. The number of amides is 1. The van der Waals surface area contributed by atoms with Gasteiger partial charge in [-0.2, -0.15) is 0 Å². The van der Waals surface area contributed by atoms with Gasteiger partial charge in [-0.1, -0.05) is 19.3 Å². The molecule has 0 aliphatic heterocycles. The number of carbonyl (C=O) groups is 1. The fourth-order valence-corrected chi connectivity index (χ4v) is 3.05. The minimum atomic E-state index is -0.732. The van der Waals surface area contributed by atoms with Crippen molar-refractivity contribution in [3.05, 3.63) is 35.6 Å². The van der Waals surface area contributed by atoms with Crippen molar-refractivity contribution in [1.82, 2.24) is 5.32 Å². The lowest BCUT2D eigenvalue weighted by atomic mass is 9.85. The zero-order chi connectivity index (χ0) is 14.9. The van der Waals surface area contributed by atoms with Crippen LogP contribution >= 0.6 is 0 Å². The molecule has 1 aliphatic rings. The summed E-state index contributed by atoms with van der Waals surface area (Å²) in [5.74, 6) is 0.689. The standard InChI is InChI=1S/C17H21NO3/c1-12-9-14-10-13(5-6-15(14)21-12)16(19)18-11-17(20)7-3-2-4-8-17/h5-6,9-10,20H,2-4,7-8,11H2,1H3,(H,18,19). The van der Waals surface area contributed by atoms with Gasteiger partial charge in [0, 0.05) is 17.5 Å². The van der Waals surface area contributed by atoms with Crippen molar-refractivity contribution in [1.29, 1.82) is 0 Å². The van der Waals surface area contributed by atoms with Crippen LogP contribution < -0.4 is 5.32 Å². The van der Waals surface area contributed by atoms with E-state index in [-0.39, 0.29) is 5.91 Å². The Hall–Kier alpha value is -1.81. The van der Waals surface area contributed by atoms with Gasteiger partial charge in [-0.15, -0.1) is 0 Å². The van der Waals surface area contributed by atoms with Crippen molar-refractivity contribution in [2.45, 2.75) is 44.6 Å². The van der Waals surface area contributed by atoms with E-state index < -0.39 is 5.60 Å². The number of rotatable bonds is 3. The lowest BCUT2D eigenvalue weighted by Gasteiger charge is -2.32. The fraction of sp³-hybridized carbons (Fsp3) is 0.471. The highest BCUT2D eigenvalue weighted by molar-refractivity contribution is 5.97. The molecule has 1 saturated carbocycles. The van der Waals surface area contributed by atoms with Crippen LogP contribution in [-0.4, -0.2) is 23.2 Å². The summed E-state index contributed by atoms with van der Waals surface area (Å²) in [4.78, 5) is 12.2. The Morgan fingerprint density at radius 3 is 2.81 bits per heavy atom. The van der Waals surface area contributed by atoms with Crippen molar-refractivity contribution >= 4 is 16.9 Å². The van der Waals surface area contributed by atoms with E-state index in [0.717, 1.165) is 42.4 Å². The number of nitrogens with one attached hydrogen (secondary N) is 1.